The van der Waals surface area contributed by atoms with Crippen molar-refractivity contribution in [1.82, 2.24) is 0 Å². The molecule has 0 saturated carbocycles. The summed E-state index contributed by atoms with van der Waals surface area (Å²) < 4.78 is 5.30. The van der Waals surface area contributed by atoms with E-state index in [9.17, 15) is 5.11 Å². The van der Waals surface area contributed by atoms with Gasteiger partial charge in [-0.05, 0) is 24.6 Å². The van der Waals surface area contributed by atoms with Crippen LogP contribution in [0.1, 0.15) is 6.42 Å². The Balaban J connectivity index is 2.32. The van der Waals surface area contributed by atoms with Crippen molar-refractivity contribution in [3.63, 3.8) is 0 Å². The van der Waals surface area contributed by atoms with Gasteiger partial charge in [0.25, 0.3) is 0 Å². The Bertz CT molecular complexity index is 252. The fourth-order valence-corrected chi connectivity index (χ4v) is 1.40. The lowest BCUT2D eigenvalue weighted by atomic mass is 10.3. The van der Waals surface area contributed by atoms with E-state index in [1.165, 1.54) is 0 Å². The summed E-state index contributed by atoms with van der Waals surface area (Å²) in [5, 5.41) is 9.30. The van der Waals surface area contributed by atoms with Crippen molar-refractivity contribution < 1.29 is 14.6 Å². The fraction of sp³-hybridized carbons (Fsp3) is 0.333. The highest BCUT2D eigenvalue weighted by Crippen LogP contribution is 2.24. The summed E-state index contributed by atoms with van der Waals surface area (Å²) in [5.41, 5.74) is 0. The zero-order chi connectivity index (χ0) is 9.52. The van der Waals surface area contributed by atoms with E-state index in [1.807, 2.05) is 6.07 Å². The van der Waals surface area contributed by atoms with E-state index < -0.39 is 9.76 Å². The molecule has 13 heavy (non-hydrogen) atoms. The largest absolute Gasteiger partial charge is 0.504 e. The summed E-state index contributed by atoms with van der Waals surface area (Å²) in [6.07, 6.45) is 0.858. The monoisotopic (exact) mass is 198 g/mol. The van der Waals surface area contributed by atoms with Crippen molar-refractivity contribution in [3.05, 3.63) is 24.3 Å². The summed E-state index contributed by atoms with van der Waals surface area (Å²) in [5.74, 6) is 0.686. The van der Waals surface area contributed by atoms with Gasteiger partial charge in [-0.1, -0.05) is 12.1 Å². The number of hydrogen-bond acceptors (Lipinski definition) is 3. The second kappa shape index (κ2) is 5.61. The summed E-state index contributed by atoms with van der Waals surface area (Å²) in [6, 6.07) is 7.76. The molecule has 0 radical (unpaired) electrons. The van der Waals surface area contributed by atoms with Gasteiger partial charge in [0.1, 0.15) is 0 Å². The van der Waals surface area contributed by atoms with Crippen LogP contribution in [-0.2, 0) is 0 Å². The van der Waals surface area contributed by atoms with E-state index in [-0.39, 0.29) is 5.75 Å². The maximum Gasteiger partial charge on any atom is 0.160 e. The van der Waals surface area contributed by atoms with Crippen LogP contribution in [0.2, 0.25) is 6.04 Å². The van der Waals surface area contributed by atoms with Crippen LogP contribution in [0.3, 0.4) is 0 Å². The number of benzene rings is 1. The fourth-order valence-electron chi connectivity index (χ4n) is 0.975. The van der Waals surface area contributed by atoms with Gasteiger partial charge in [-0.15, -0.1) is 0 Å². The first-order chi connectivity index (χ1) is 6.34. The Morgan fingerprint density at radius 1 is 1.31 bits per heavy atom. The van der Waals surface area contributed by atoms with Gasteiger partial charge in [0.15, 0.2) is 21.3 Å². The summed E-state index contributed by atoms with van der Waals surface area (Å²) in [6.45, 7) is 0.561. The maximum absolute atomic E-state index is 9.30. The maximum atomic E-state index is 9.30. The molecular formula is C9H14O3Si. The van der Waals surface area contributed by atoms with E-state index in [1.54, 1.807) is 18.2 Å². The van der Waals surface area contributed by atoms with Crippen molar-refractivity contribution in [2.24, 2.45) is 0 Å². The summed E-state index contributed by atoms with van der Waals surface area (Å²) in [7, 11) is -0.838. The molecule has 0 amide bonds. The van der Waals surface area contributed by atoms with Crippen LogP contribution < -0.4 is 4.74 Å². The third-order valence-corrected chi connectivity index (χ3v) is 2.49. The van der Waals surface area contributed by atoms with Crippen molar-refractivity contribution in [1.29, 1.82) is 0 Å². The Morgan fingerprint density at radius 3 is 2.77 bits per heavy atom. The van der Waals surface area contributed by atoms with Gasteiger partial charge in [-0.2, -0.15) is 0 Å². The van der Waals surface area contributed by atoms with Gasteiger partial charge in [0.05, 0.1) is 6.61 Å². The van der Waals surface area contributed by atoms with E-state index in [2.05, 4.69) is 0 Å². The van der Waals surface area contributed by atoms with E-state index in [0.717, 1.165) is 12.5 Å². The summed E-state index contributed by atoms with van der Waals surface area (Å²) in [4.78, 5) is 8.65. The third-order valence-electron chi connectivity index (χ3n) is 1.68. The van der Waals surface area contributed by atoms with Crippen LogP contribution in [0.15, 0.2) is 24.3 Å². The number of aromatic hydroxyl groups is 1. The van der Waals surface area contributed by atoms with E-state index in [0.29, 0.717) is 12.4 Å². The van der Waals surface area contributed by atoms with Crippen LogP contribution in [0, 0.1) is 0 Å². The minimum Gasteiger partial charge on any atom is -0.504 e. The Morgan fingerprint density at radius 2 is 2.08 bits per heavy atom. The number of phenolic OH excluding ortho intramolecular Hbond substituents is 1. The quantitative estimate of drug-likeness (QED) is 0.539. The second-order valence-electron chi connectivity index (χ2n) is 2.75. The van der Waals surface area contributed by atoms with E-state index in [4.69, 9.17) is 9.53 Å². The molecule has 3 nitrogen and oxygen atoms in total. The predicted molar refractivity (Wildman–Crippen MR) is 53.8 cm³/mol. The average Bonchev–Trinajstić information content (AvgIpc) is 2.15. The zero-order valence-corrected chi connectivity index (χ0v) is 8.85. The smallest absolute Gasteiger partial charge is 0.160 e. The van der Waals surface area contributed by atoms with Crippen LogP contribution in [0.5, 0.6) is 11.5 Å². The molecular weight excluding hydrogens is 184 g/mol. The number of ether oxygens (including phenoxy) is 1. The zero-order valence-electron chi connectivity index (χ0n) is 7.44. The normalized spacial score (nSPS) is 10.8. The molecule has 0 unspecified atom stereocenters. The highest BCUT2D eigenvalue weighted by molar-refractivity contribution is 6.25. The molecule has 0 aromatic heterocycles. The Kier molecular flexibility index (Phi) is 4.35. The molecule has 0 fully saturated rings. The molecule has 72 valence electrons. The van der Waals surface area contributed by atoms with Crippen molar-refractivity contribution >= 4 is 9.76 Å². The molecule has 0 spiro atoms. The van der Waals surface area contributed by atoms with Gasteiger partial charge in [0.2, 0.25) is 0 Å². The number of phenols is 1. The second-order valence-corrected chi connectivity index (χ2v) is 3.90. The van der Waals surface area contributed by atoms with Crippen LogP contribution >= 0.6 is 0 Å². The molecule has 4 heteroatoms. The highest BCUT2D eigenvalue weighted by Gasteiger charge is 1.98. The third kappa shape index (κ3) is 3.48. The molecule has 1 aromatic rings. The molecule has 0 aliphatic rings. The molecule has 0 heterocycles. The first-order valence-electron chi connectivity index (χ1n) is 4.36. The minimum absolute atomic E-state index is 0.170. The summed E-state index contributed by atoms with van der Waals surface area (Å²) >= 11 is 0. The van der Waals surface area contributed by atoms with Crippen LogP contribution in [0.4, 0.5) is 0 Å². The van der Waals surface area contributed by atoms with Crippen molar-refractivity contribution in [2.45, 2.75) is 12.5 Å². The molecule has 1 aromatic carbocycles. The van der Waals surface area contributed by atoms with Gasteiger partial charge in [0, 0.05) is 0 Å². The topological polar surface area (TPSA) is 49.7 Å². The molecule has 0 aliphatic heterocycles. The first kappa shape index (κ1) is 10.1. The molecule has 1 rings (SSSR count). The number of para-hydroxylation sites is 2. The van der Waals surface area contributed by atoms with Gasteiger partial charge in [-0.25, -0.2) is 0 Å². The lowest BCUT2D eigenvalue weighted by Gasteiger charge is -2.06. The van der Waals surface area contributed by atoms with Crippen molar-refractivity contribution in [2.75, 3.05) is 6.61 Å². The molecule has 0 saturated heterocycles. The van der Waals surface area contributed by atoms with Crippen LogP contribution in [-0.4, -0.2) is 26.3 Å². The molecule has 0 atom stereocenters. The average molecular weight is 198 g/mol. The molecule has 0 bridgehead atoms. The van der Waals surface area contributed by atoms with Gasteiger partial charge >= 0.3 is 0 Å². The van der Waals surface area contributed by atoms with Crippen LogP contribution in [0.25, 0.3) is 0 Å². The Hall–Kier alpha value is -1.00. The lowest BCUT2D eigenvalue weighted by molar-refractivity contribution is 0.298. The van der Waals surface area contributed by atoms with Gasteiger partial charge < -0.3 is 14.6 Å². The van der Waals surface area contributed by atoms with Gasteiger partial charge in [-0.3, -0.25) is 0 Å². The lowest BCUT2D eigenvalue weighted by Crippen LogP contribution is -1.99. The van der Waals surface area contributed by atoms with E-state index >= 15 is 0 Å². The first-order valence-corrected chi connectivity index (χ1v) is 5.99. The number of rotatable bonds is 5. The molecule has 2 N–H and O–H groups in total. The SMILES string of the molecule is O[SiH2]CCCOc1ccccc1O. The standard InChI is InChI=1S/C9H14O3Si/c10-8-4-1-2-5-9(8)12-6-3-7-13-11/h1-2,4-5,10-11H,3,6-7,13H2. The Labute approximate surface area is 79.9 Å². The minimum atomic E-state index is -0.838. The highest BCUT2D eigenvalue weighted by atomic mass is 28.2. The molecule has 0 aliphatic carbocycles. The van der Waals surface area contributed by atoms with Crippen molar-refractivity contribution in [3.8, 4) is 11.5 Å². The number of hydrogen-bond donors (Lipinski definition) is 2. The predicted octanol–water partition coefficient (Wildman–Crippen LogP) is 0.655.